The van der Waals surface area contributed by atoms with E-state index in [2.05, 4.69) is 20.7 Å². The highest BCUT2D eigenvalue weighted by Crippen LogP contribution is 2.34. The van der Waals surface area contributed by atoms with Crippen LogP contribution in [0.25, 0.3) is 11.1 Å². The van der Waals surface area contributed by atoms with Crippen LogP contribution in [0.1, 0.15) is 16.7 Å². The van der Waals surface area contributed by atoms with Gasteiger partial charge >= 0.3 is 12.6 Å². The largest absolute Gasteiger partial charge is 0.507 e. The molecule has 0 unspecified atom stereocenters. The molecule has 0 amide bonds. The Morgan fingerprint density at radius 1 is 1.10 bits per heavy atom. The second-order valence-electron chi connectivity index (χ2n) is 6.82. The van der Waals surface area contributed by atoms with Crippen molar-refractivity contribution in [2.45, 2.75) is 20.0 Å². The highest BCUT2D eigenvalue weighted by molar-refractivity contribution is 9.10. The first kappa shape index (κ1) is 22.6. The minimum Gasteiger partial charge on any atom is -0.507 e. The number of aliphatic carboxylic acids is 1. The monoisotopic (exact) mass is 492 g/mol. The molecule has 0 atom stereocenters. The molecule has 8 heteroatoms. The molecule has 0 saturated carbocycles. The number of benzene rings is 3. The fourth-order valence-electron chi connectivity index (χ4n) is 3.16. The summed E-state index contributed by atoms with van der Waals surface area (Å²) in [6.07, 6.45) is 0.520. The Morgan fingerprint density at radius 3 is 2.55 bits per heavy atom. The number of carboxylic acids is 1. The van der Waals surface area contributed by atoms with Crippen LogP contribution in [-0.2, 0) is 11.2 Å². The van der Waals surface area contributed by atoms with Gasteiger partial charge in [-0.3, -0.25) is 0 Å². The average molecular weight is 493 g/mol. The fourth-order valence-corrected chi connectivity index (χ4v) is 3.84. The summed E-state index contributed by atoms with van der Waals surface area (Å²) >= 11 is 3.51. The molecule has 3 rings (SSSR count). The number of aromatic hydroxyl groups is 1. The van der Waals surface area contributed by atoms with Gasteiger partial charge in [-0.2, -0.15) is 8.78 Å². The number of hydrogen-bond donors (Lipinski definition) is 2. The van der Waals surface area contributed by atoms with Crippen molar-refractivity contribution in [3.63, 3.8) is 0 Å². The maximum atomic E-state index is 12.5. The summed E-state index contributed by atoms with van der Waals surface area (Å²) in [5.41, 5.74) is 3.79. The highest BCUT2D eigenvalue weighted by atomic mass is 79.9. The number of carbonyl (C=O) groups is 1. The second-order valence-corrected chi connectivity index (χ2v) is 7.67. The van der Waals surface area contributed by atoms with Gasteiger partial charge in [0.1, 0.15) is 17.2 Å². The number of carboxylic acid groups (broad SMARTS) is 1. The van der Waals surface area contributed by atoms with Crippen LogP contribution >= 0.6 is 15.9 Å². The van der Waals surface area contributed by atoms with Crippen molar-refractivity contribution in [2.75, 3.05) is 6.61 Å². The van der Waals surface area contributed by atoms with E-state index in [4.69, 9.17) is 9.84 Å². The topological polar surface area (TPSA) is 76.0 Å². The molecule has 3 aromatic carbocycles. The lowest BCUT2D eigenvalue weighted by atomic mass is 9.96. The van der Waals surface area contributed by atoms with Gasteiger partial charge in [0.2, 0.25) is 0 Å². The first-order valence-corrected chi connectivity index (χ1v) is 10.0. The molecule has 0 aliphatic rings. The normalized spacial score (nSPS) is 10.9. The molecule has 0 fully saturated rings. The predicted molar refractivity (Wildman–Crippen MR) is 115 cm³/mol. The molecule has 5 nitrogen and oxygen atoms in total. The smallest absolute Gasteiger partial charge is 0.387 e. The molecule has 0 radical (unpaired) electrons. The molecule has 162 valence electrons. The average Bonchev–Trinajstić information content (AvgIpc) is 2.70. The predicted octanol–water partition coefficient (Wildman–Crippen LogP) is 5.79. The Balaban J connectivity index is 1.88. The van der Waals surface area contributed by atoms with Gasteiger partial charge in [-0.25, -0.2) is 4.79 Å². The first-order chi connectivity index (χ1) is 14.7. The minimum absolute atomic E-state index is 0.00726. The Kier molecular flexibility index (Phi) is 7.12. The number of phenolic OH excluding ortho intramolecular Hbond substituents is 1. The Labute approximate surface area is 186 Å². The summed E-state index contributed by atoms with van der Waals surface area (Å²) in [4.78, 5) is 10.7. The molecule has 0 heterocycles. The Bertz CT molecular complexity index is 1080. The molecule has 0 spiro atoms. The van der Waals surface area contributed by atoms with E-state index in [1.165, 1.54) is 12.1 Å². The summed E-state index contributed by atoms with van der Waals surface area (Å²) in [7, 11) is 0. The molecule has 0 saturated heterocycles. The highest BCUT2D eigenvalue weighted by Gasteiger charge is 2.13. The maximum Gasteiger partial charge on any atom is 0.387 e. The van der Waals surface area contributed by atoms with Gasteiger partial charge < -0.3 is 19.7 Å². The first-order valence-electron chi connectivity index (χ1n) is 9.23. The van der Waals surface area contributed by atoms with Gasteiger partial charge in [0.25, 0.3) is 0 Å². The van der Waals surface area contributed by atoms with E-state index >= 15 is 0 Å². The van der Waals surface area contributed by atoms with Crippen molar-refractivity contribution < 1.29 is 33.3 Å². The standard InChI is InChI=1S/C23H19BrF2O5/c1-13-7-17(30-12-22(28)29)11-20(24)18(13)8-14-5-6-21(27)19(9-14)15-3-2-4-16(10-15)31-23(25)26/h2-7,9-11,23,27H,8,12H2,1H3,(H,28,29). The fraction of sp³-hybridized carbons (Fsp3) is 0.174. The van der Waals surface area contributed by atoms with Crippen molar-refractivity contribution >= 4 is 21.9 Å². The Morgan fingerprint density at radius 2 is 1.87 bits per heavy atom. The summed E-state index contributed by atoms with van der Waals surface area (Å²) in [5.74, 6) is -0.589. The number of rotatable bonds is 8. The van der Waals surface area contributed by atoms with E-state index in [0.29, 0.717) is 23.3 Å². The molecular weight excluding hydrogens is 474 g/mol. The molecule has 0 aliphatic heterocycles. The molecule has 3 aromatic rings. The van der Waals surface area contributed by atoms with Gasteiger partial charge in [-0.05, 0) is 72.0 Å². The zero-order valence-electron chi connectivity index (χ0n) is 16.4. The van der Waals surface area contributed by atoms with Crippen LogP contribution in [0.3, 0.4) is 0 Å². The van der Waals surface area contributed by atoms with Crippen molar-refractivity contribution in [3.05, 3.63) is 75.8 Å². The van der Waals surface area contributed by atoms with Crippen LogP contribution in [0.5, 0.6) is 17.2 Å². The van der Waals surface area contributed by atoms with E-state index in [1.54, 1.807) is 42.5 Å². The van der Waals surface area contributed by atoms with Crippen molar-refractivity contribution in [2.24, 2.45) is 0 Å². The number of alkyl halides is 2. The lowest BCUT2D eigenvalue weighted by Gasteiger charge is -2.14. The van der Waals surface area contributed by atoms with Gasteiger partial charge in [0, 0.05) is 10.0 Å². The van der Waals surface area contributed by atoms with Crippen LogP contribution in [-0.4, -0.2) is 29.4 Å². The summed E-state index contributed by atoms with van der Waals surface area (Å²) in [6, 6.07) is 14.7. The Hall–Kier alpha value is -3.13. The van der Waals surface area contributed by atoms with Gasteiger partial charge in [0.05, 0.1) is 0 Å². The van der Waals surface area contributed by atoms with E-state index in [-0.39, 0.29) is 11.5 Å². The zero-order chi connectivity index (χ0) is 22.5. The van der Waals surface area contributed by atoms with Crippen LogP contribution < -0.4 is 9.47 Å². The minimum atomic E-state index is -2.93. The van der Waals surface area contributed by atoms with E-state index < -0.39 is 19.2 Å². The quantitative estimate of drug-likeness (QED) is 0.416. The van der Waals surface area contributed by atoms with E-state index in [9.17, 15) is 18.7 Å². The van der Waals surface area contributed by atoms with Gasteiger partial charge in [-0.15, -0.1) is 0 Å². The molecular formula is C23H19BrF2O5. The van der Waals surface area contributed by atoms with Gasteiger partial charge in [-0.1, -0.05) is 34.1 Å². The number of aryl methyl sites for hydroxylation is 1. The third-order valence-electron chi connectivity index (χ3n) is 4.57. The van der Waals surface area contributed by atoms with Crippen molar-refractivity contribution in [1.82, 2.24) is 0 Å². The van der Waals surface area contributed by atoms with Crippen LogP contribution in [0.15, 0.2) is 59.1 Å². The maximum absolute atomic E-state index is 12.5. The van der Waals surface area contributed by atoms with E-state index in [0.717, 1.165) is 21.2 Å². The molecule has 0 aliphatic carbocycles. The summed E-state index contributed by atoms with van der Waals surface area (Å²) < 4.78 is 35.5. The van der Waals surface area contributed by atoms with Crippen LogP contribution in [0.2, 0.25) is 0 Å². The van der Waals surface area contributed by atoms with Crippen molar-refractivity contribution in [1.29, 1.82) is 0 Å². The number of hydrogen-bond acceptors (Lipinski definition) is 4. The second kappa shape index (κ2) is 9.78. The third kappa shape index (κ3) is 5.95. The number of ether oxygens (including phenoxy) is 2. The molecule has 0 bridgehead atoms. The summed E-state index contributed by atoms with van der Waals surface area (Å²) in [6.45, 7) is -1.47. The zero-order valence-corrected chi connectivity index (χ0v) is 18.0. The van der Waals surface area contributed by atoms with E-state index in [1.807, 2.05) is 6.92 Å². The lowest BCUT2D eigenvalue weighted by molar-refractivity contribution is -0.139. The third-order valence-corrected chi connectivity index (χ3v) is 5.27. The van der Waals surface area contributed by atoms with Crippen LogP contribution in [0.4, 0.5) is 8.78 Å². The number of phenols is 1. The molecule has 31 heavy (non-hydrogen) atoms. The molecule has 0 aromatic heterocycles. The van der Waals surface area contributed by atoms with Crippen LogP contribution in [0, 0.1) is 6.92 Å². The SMILES string of the molecule is Cc1cc(OCC(=O)O)cc(Br)c1Cc1ccc(O)c(-c2cccc(OC(F)F)c2)c1. The van der Waals surface area contributed by atoms with Crippen molar-refractivity contribution in [3.8, 4) is 28.4 Å². The molecule has 2 N–H and O–H groups in total. The van der Waals surface area contributed by atoms with Gasteiger partial charge in [0.15, 0.2) is 6.61 Å². The lowest BCUT2D eigenvalue weighted by Crippen LogP contribution is -2.09. The summed E-state index contributed by atoms with van der Waals surface area (Å²) in [5, 5.41) is 19.1. The number of halogens is 3.